The van der Waals surface area contributed by atoms with Crippen LogP contribution in [0, 0.1) is 0 Å². The lowest BCUT2D eigenvalue weighted by molar-refractivity contribution is -0.121. The van der Waals surface area contributed by atoms with Gasteiger partial charge >= 0.3 is 0 Å². The Morgan fingerprint density at radius 2 is 2.20 bits per heavy atom. The summed E-state index contributed by atoms with van der Waals surface area (Å²) in [5.41, 5.74) is 0.626. The number of halogens is 1. The lowest BCUT2D eigenvalue weighted by Crippen LogP contribution is -2.32. The Kier molecular flexibility index (Phi) is 5.23. The van der Waals surface area contributed by atoms with Crippen LogP contribution in [0.1, 0.15) is 43.1 Å². The molecule has 0 aliphatic heterocycles. The van der Waals surface area contributed by atoms with Gasteiger partial charge in [-0.1, -0.05) is 6.92 Å². The average Bonchev–Trinajstić information content (AvgIpc) is 3.12. The number of rotatable bonds is 7. The van der Waals surface area contributed by atoms with Crippen molar-refractivity contribution in [3.05, 3.63) is 22.4 Å². The van der Waals surface area contributed by atoms with Crippen LogP contribution in [-0.4, -0.2) is 29.0 Å². The van der Waals surface area contributed by atoms with E-state index in [9.17, 15) is 9.59 Å². The number of carbonyl (C=O) groups is 2. The second kappa shape index (κ2) is 6.92. The first-order valence-electron chi connectivity index (χ1n) is 7.03. The van der Waals surface area contributed by atoms with Gasteiger partial charge < -0.3 is 15.2 Å². The Balaban J connectivity index is 1.80. The van der Waals surface area contributed by atoms with Gasteiger partial charge in [-0.2, -0.15) is 0 Å². The number of aryl methyl sites for hydroxylation is 1. The van der Waals surface area contributed by atoms with Crippen LogP contribution < -0.4 is 10.6 Å². The number of nitrogens with one attached hydrogen (secondary N) is 2. The maximum Gasteiger partial charge on any atom is 0.267 e. The number of hydrogen-bond acceptors (Lipinski definition) is 2. The third-order valence-corrected chi connectivity index (χ3v) is 3.57. The van der Waals surface area contributed by atoms with E-state index in [1.807, 2.05) is 10.8 Å². The minimum absolute atomic E-state index is 0.0120. The quantitative estimate of drug-likeness (QED) is 0.797. The van der Waals surface area contributed by atoms with Gasteiger partial charge in [0.2, 0.25) is 5.91 Å². The van der Waals surface area contributed by atoms with E-state index in [1.54, 1.807) is 6.07 Å². The highest BCUT2D eigenvalue weighted by Gasteiger charge is 2.23. The van der Waals surface area contributed by atoms with E-state index < -0.39 is 0 Å². The fraction of sp³-hybridized carbons (Fsp3) is 0.571. The van der Waals surface area contributed by atoms with Crippen molar-refractivity contribution in [1.29, 1.82) is 0 Å². The monoisotopic (exact) mass is 341 g/mol. The van der Waals surface area contributed by atoms with E-state index in [-0.39, 0.29) is 11.8 Å². The zero-order valence-corrected chi connectivity index (χ0v) is 13.2. The molecule has 0 saturated heterocycles. The fourth-order valence-corrected chi connectivity index (χ4v) is 2.46. The predicted molar refractivity (Wildman–Crippen MR) is 80.5 cm³/mol. The van der Waals surface area contributed by atoms with Crippen molar-refractivity contribution in [2.75, 3.05) is 6.54 Å². The third-order valence-electron chi connectivity index (χ3n) is 3.14. The zero-order chi connectivity index (χ0) is 14.5. The van der Waals surface area contributed by atoms with Crippen LogP contribution in [0.4, 0.5) is 0 Å². The molecule has 6 heteroatoms. The molecule has 1 heterocycles. The molecule has 1 saturated carbocycles. The van der Waals surface area contributed by atoms with E-state index in [0.717, 1.165) is 30.3 Å². The number of hydrogen-bond donors (Lipinski definition) is 2. The van der Waals surface area contributed by atoms with Gasteiger partial charge in [0, 0.05) is 36.2 Å². The van der Waals surface area contributed by atoms with Gasteiger partial charge in [0.05, 0.1) is 0 Å². The molecule has 0 atom stereocenters. The molecule has 2 amide bonds. The van der Waals surface area contributed by atoms with E-state index >= 15 is 0 Å². The number of aromatic nitrogens is 1. The normalized spacial score (nSPS) is 14.1. The van der Waals surface area contributed by atoms with Crippen molar-refractivity contribution in [3.63, 3.8) is 0 Å². The molecular formula is C14H20BrN3O2. The maximum absolute atomic E-state index is 12.1. The van der Waals surface area contributed by atoms with Gasteiger partial charge in [-0.05, 0) is 41.3 Å². The second-order valence-electron chi connectivity index (χ2n) is 5.08. The van der Waals surface area contributed by atoms with E-state index in [0.29, 0.717) is 24.7 Å². The lowest BCUT2D eigenvalue weighted by atomic mass is 10.3. The highest BCUT2D eigenvalue weighted by atomic mass is 79.9. The van der Waals surface area contributed by atoms with Gasteiger partial charge in [0.15, 0.2) is 0 Å². The van der Waals surface area contributed by atoms with Crippen LogP contribution in [0.2, 0.25) is 0 Å². The molecule has 1 aromatic heterocycles. The topological polar surface area (TPSA) is 63.1 Å². The Labute approximate surface area is 127 Å². The zero-order valence-electron chi connectivity index (χ0n) is 11.6. The number of nitrogens with zero attached hydrogens (tertiary/aromatic N) is 1. The molecule has 110 valence electrons. The summed E-state index contributed by atoms with van der Waals surface area (Å²) in [5, 5.41) is 5.69. The van der Waals surface area contributed by atoms with Gasteiger partial charge in [-0.25, -0.2) is 0 Å². The minimum Gasteiger partial charge on any atom is -0.353 e. The number of amides is 2. The molecule has 1 fully saturated rings. The van der Waals surface area contributed by atoms with Crippen molar-refractivity contribution >= 4 is 27.7 Å². The Bertz CT molecular complexity index is 495. The SMILES string of the molecule is CCCn1cc(Br)cc1C(=O)NCCC(=O)NC1CC1. The Morgan fingerprint density at radius 1 is 1.45 bits per heavy atom. The molecule has 0 unspecified atom stereocenters. The molecule has 1 aliphatic rings. The molecule has 1 aliphatic carbocycles. The highest BCUT2D eigenvalue weighted by Crippen LogP contribution is 2.18. The van der Waals surface area contributed by atoms with Crippen LogP contribution in [0.3, 0.4) is 0 Å². The summed E-state index contributed by atoms with van der Waals surface area (Å²) in [7, 11) is 0. The van der Waals surface area contributed by atoms with E-state index in [2.05, 4.69) is 33.5 Å². The third kappa shape index (κ3) is 4.37. The van der Waals surface area contributed by atoms with Crippen LogP contribution in [0.15, 0.2) is 16.7 Å². The molecule has 0 spiro atoms. The van der Waals surface area contributed by atoms with E-state index in [4.69, 9.17) is 0 Å². The van der Waals surface area contributed by atoms with Crippen molar-refractivity contribution in [1.82, 2.24) is 15.2 Å². The van der Waals surface area contributed by atoms with Crippen LogP contribution in [0.25, 0.3) is 0 Å². The first-order chi connectivity index (χ1) is 9.60. The summed E-state index contributed by atoms with van der Waals surface area (Å²) < 4.78 is 2.81. The first-order valence-corrected chi connectivity index (χ1v) is 7.82. The molecule has 5 nitrogen and oxygen atoms in total. The summed E-state index contributed by atoms with van der Waals surface area (Å²) in [6.45, 7) is 3.24. The maximum atomic E-state index is 12.1. The smallest absolute Gasteiger partial charge is 0.267 e. The largest absolute Gasteiger partial charge is 0.353 e. The molecule has 20 heavy (non-hydrogen) atoms. The molecule has 0 radical (unpaired) electrons. The van der Waals surface area contributed by atoms with Gasteiger partial charge in [-0.15, -0.1) is 0 Å². The van der Waals surface area contributed by atoms with Gasteiger partial charge in [0.25, 0.3) is 5.91 Å². The molecule has 0 aromatic carbocycles. The van der Waals surface area contributed by atoms with Crippen LogP contribution >= 0.6 is 15.9 Å². The van der Waals surface area contributed by atoms with Crippen LogP contribution in [-0.2, 0) is 11.3 Å². The van der Waals surface area contributed by atoms with Crippen molar-refractivity contribution in [2.45, 2.75) is 45.2 Å². The standard InChI is InChI=1S/C14H20BrN3O2/c1-2-7-18-9-10(15)8-12(18)14(20)16-6-5-13(19)17-11-3-4-11/h8-9,11H,2-7H2,1H3,(H,16,20)(H,17,19). The molecule has 2 rings (SSSR count). The van der Waals surface area contributed by atoms with Gasteiger partial charge in [-0.3, -0.25) is 9.59 Å². The van der Waals surface area contributed by atoms with Gasteiger partial charge in [0.1, 0.15) is 5.69 Å². The first kappa shape index (κ1) is 15.1. The summed E-state index contributed by atoms with van der Waals surface area (Å²) in [5.74, 6) is -0.124. The lowest BCUT2D eigenvalue weighted by Gasteiger charge is -2.08. The van der Waals surface area contributed by atoms with Crippen molar-refractivity contribution in [3.8, 4) is 0 Å². The second-order valence-corrected chi connectivity index (χ2v) is 6.00. The fourth-order valence-electron chi connectivity index (χ4n) is 2.00. The summed E-state index contributed by atoms with van der Waals surface area (Å²) in [4.78, 5) is 23.6. The van der Waals surface area contributed by atoms with Crippen molar-refractivity contribution in [2.24, 2.45) is 0 Å². The predicted octanol–water partition coefficient (Wildman–Crippen LogP) is 2.06. The summed E-state index contributed by atoms with van der Waals surface area (Å²) in [6, 6.07) is 2.17. The Morgan fingerprint density at radius 3 is 2.85 bits per heavy atom. The minimum atomic E-state index is -0.136. The molecule has 1 aromatic rings. The average molecular weight is 342 g/mol. The highest BCUT2D eigenvalue weighted by molar-refractivity contribution is 9.10. The van der Waals surface area contributed by atoms with Crippen LogP contribution in [0.5, 0.6) is 0 Å². The molecular weight excluding hydrogens is 322 g/mol. The van der Waals surface area contributed by atoms with E-state index in [1.165, 1.54) is 0 Å². The molecule has 2 N–H and O–H groups in total. The summed E-state index contributed by atoms with van der Waals surface area (Å²) in [6.07, 6.45) is 5.36. The number of carbonyl (C=O) groups excluding carboxylic acids is 2. The summed E-state index contributed by atoms with van der Waals surface area (Å²) >= 11 is 3.38. The molecule has 0 bridgehead atoms. The Hall–Kier alpha value is -1.30. The van der Waals surface area contributed by atoms with Crippen molar-refractivity contribution < 1.29 is 9.59 Å².